The van der Waals surface area contributed by atoms with Crippen molar-refractivity contribution in [2.24, 2.45) is 5.92 Å². The second-order valence-corrected chi connectivity index (χ2v) is 11.5. The topological polar surface area (TPSA) is 88.2 Å². The third kappa shape index (κ3) is 5.40. The molecule has 3 aliphatic heterocycles. The molecule has 5 atom stereocenters. The number of carbonyl (C=O) groups is 3. The molecule has 1 aromatic rings. The number of nitrogens with zero attached hydrogens (tertiary/aromatic N) is 2. The number of benzene rings is 1. The number of rotatable bonds is 9. The van der Waals surface area contributed by atoms with E-state index in [1.165, 1.54) is 24.8 Å². The van der Waals surface area contributed by atoms with Crippen molar-refractivity contribution in [1.82, 2.24) is 15.1 Å². The molecule has 4 fully saturated rings. The molecule has 3 heterocycles. The molecular weight excluding hydrogens is 482 g/mol. The molecule has 5 rings (SSSR count). The summed E-state index contributed by atoms with van der Waals surface area (Å²) in [5.74, 6) is -0.160. The average molecular weight is 526 g/mol. The van der Waals surface area contributed by atoms with Crippen LogP contribution in [0.15, 0.2) is 24.3 Å². The number of fused-ring (bicyclic) bond motifs is 1. The van der Waals surface area contributed by atoms with E-state index in [0.717, 1.165) is 38.4 Å². The minimum absolute atomic E-state index is 0.00496. The van der Waals surface area contributed by atoms with Gasteiger partial charge in [0.15, 0.2) is 5.78 Å². The molecule has 2 amide bonds. The Balaban J connectivity index is 1.23. The Hall–Kier alpha value is -2.29. The van der Waals surface area contributed by atoms with E-state index in [1.807, 2.05) is 32.9 Å². The Morgan fingerprint density at radius 2 is 1.82 bits per heavy atom. The molecule has 8 heteroatoms. The molecule has 0 unspecified atom stereocenters. The van der Waals surface area contributed by atoms with Crippen molar-refractivity contribution in [3.8, 4) is 0 Å². The van der Waals surface area contributed by atoms with Gasteiger partial charge in [-0.3, -0.25) is 14.4 Å². The lowest BCUT2D eigenvalue weighted by Gasteiger charge is -2.42. The lowest BCUT2D eigenvalue weighted by molar-refractivity contribution is -0.139. The highest BCUT2D eigenvalue weighted by Gasteiger charge is 2.54. The van der Waals surface area contributed by atoms with E-state index in [-0.39, 0.29) is 36.2 Å². The fourth-order valence-corrected chi connectivity index (χ4v) is 6.54. The molecule has 1 aromatic carbocycles. The molecule has 1 N–H and O–H groups in total. The number of hydrogen-bond acceptors (Lipinski definition) is 6. The van der Waals surface area contributed by atoms with Gasteiger partial charge in [-0.15, -0.1) is 0 Å². The highest BCUT2D eigenvalue weighted by Crippen LogP contribution is 2.34. The van der Waals surface area contributed by atoms with Crippen LogP contribution in [-0.4, -0.2) is 90.6 Å². The molecule has 1 saturated carbocycles. The first-order chi connectivity index (χ1) is 18.4. The number of amides is 2. The summed E-state index contributed by atoms with van der Waals surface area (Å²) in [5.41, 5.74) is 1.84. The van der Waals surface area contributed by atoms with E-state index in [0.29, 0.717) is 24.6 Å². The fraction of sp³-hybridized carbons (Fsp3) is 0.700. The predicted octanol–water partition coefficient (Wildman–Crippen LogP) is 3.15. The molecule has 38 heavy (non-hydrogen) atoms. The Labute approximate surface area is 226 Å². The summed E-state index contributed by atoms with van der Waals surface area (Å²) in [6, 6.07) is 7.35. The van der Waals surface area contributed by atoms with Gasteiger partial charge in [-0.1, -0.05) is 38.8 Å². The van der Waals surface area contributed by atoms with Crippen LogP contribution in [0.2, 0.25) is 0 Å². The van der Waals surface area contributed by atoms with Crippen molar-refractivity contribution < 1.29 is 23.9 Å². The van der Waals surface area contributed by atoms with Crippen LogP contribution in [0, 0.1) is 5.92 Å². The molecule has 4 aliphatic rings. The summed E-state index contributed by atoms with van der Waals surface area (Å²) < 4.78 is 11.5. The fourth-order valence-electron chi connectivity index (χ4n) is 6.54. The van der Waals surface area contributed by atoms with E-state index in [1.54, 1.807) is 4.90 Å². The van der Waals surface area contributed by atoms with Gasteiger partial charge in [0.25, 0.3) is 5.91 Å². The molecule has 0 spiro atoms. The van der Waals surface area contributed by atoms with Crippen molar-refractivity contribution in [3.05, 3.63) is 35.4 Å². The van der Waals surface area contributed by atoms with E-state index in [4.69, 9.17) is 9.47 Å². The van der Waals surface area contributed by atoms with E-state index >= 15 is 0 Å². The number of ether oxygens (including phenoxy) is 2. The zero-order valence-electron chi connectivity index (χ0n) is 23.1. The van der Waals surface area contributed by atoms with Gasteiger partial charge in [0.05, 0.1) is 6.54 Å². The number of ketones is 1. The summed E-state index contributed by atoms with van der Waals surface area (Å²) in [5, 5.41) is 3.00. The number of hydrogen-bond donors (Lipinski definition) is 1. The maximum Gasteiger partial charge on any atom is 0.251 e. The SMILES string of the molecule is CCO[C@H]1CN(C(=O)[C@@H](NC(=O)c2ccc(C3CCN(C4CCC4)CC3)cc2)[C@@H](C)CC)[C@@H]2C(=O)CO[C@H]12. The number of Topliss-reactive ketones (excluding diaryl/α,β-unsaturated/α-hetero) is 1. The molecule has 208 valence electrons. The van der Waals surface area contributed by atoms with Gasteiger partial charge in [0, 0.05) is 18.2 Å². The molecule has 8 nitrogen and oxygen atoms in total. The van der Waals surface area contributed by atoms with Crippen LogP contribution < -0.4 is 5.32 Å². The molecule has 0 aromatic heterocycles. The van der Waals surface area contributed by atoms with E-state index in [9.17, 15) is 14.4 Å². The van der Waals surface area contributed by atoms with Crippen molar-refractivity contribution in [3.63, 3.8) is 0 Å². The van der Waals surface area contributed by atoms with Gasteiger partial charge in [0.2, 0.25) is 5.91 Å². The van der Waals surface area contributed by atoms with Crippen LogP contribution >= 0.6 is 0 Å². The van der Waals surface area contributed by atoms with Crippen LogP contribution in [-0.2, 0) is 19.1 Å². The third-order valence-corrected chi connectivity index (χ3v) is 9.33. The zero-order valence-corrected chi connectivity index (χ0v) is 23.1. The summed E-state index contributed by atoms with van der Waals surface area (Å²) in [6.45, 7) is 8.94. The minimum atomic E-state index is -0.725. The standard InChI is InChI=1S/C30H43N3O5/c1-4-19(3)26(30(36)33-17-25(37-5-2)28-27(33)24(34)18-38-28)31-29(35)22-11-9-20(10-12-22)21-13-15-32(16-14-21)23-7-6-8-23/h9-12,19,21,23,25-28H,4-8,13-18H2,1-3H3,(H,31,35)/t19-,25-,26-,27+,28+/m0/s1. The monoisotopic (exact) mass is 525 g/mol. The quantitative estimate of drug-likeness (QED) is 0.533. The van der Waals surface area contributed by atoms with Crippen molar-refractivity contribution in [1.29, 1.82) is 0 Å². The Morgan fingerprint density at radius 3 is 2.42 bits per heavy atom. The third-order valence-electron chi connectivity index (χ3n) is 9.33. The highest BCUT2D eigenvalue weighted by atomic mass is 16.6. The maximum atomic E-state index is 13.8. The molecule has 0 bridgehead atoms. The number of nitrogens with one attached hydrogen (secondary N) is 1. The molecule has 0 radical (unpaired) electrons. The van der Waals surface area contributed by atoms with Gasteiger partial charge < -0.3 is 24.6 Å². The molecule has 1 aliphatic carbocycles. The Kier molecular flexibility index (Phi) is 8.50. The summed E-state index contributed by atoms with van der Waals surface area (Å²) in [7, 11) is 0. The average Bonchev–Trinajstić information content (AvgIpc) is 3.47. The van der Waals surface area contributed by atoms with Crippen LogP contribution in [0.4, 0.5) is 0 Å². The normalized spacial score (nSPS) is 28.1. The smallest absolute Gasteiger partial charge is 0.251 e. The van der Waals surface area contributed by atoms with Crippen molar-refractivity contribution in [2.75, 3.05) is 32.8 Å². The second-order valence-electron chi connectivity index (χ2n) is 11.5. The van der Waals surface area contributed by atoms with E-state index in [2.05, 4.69) is 22.3 Å². The number of piperidine rings is 1. The molecular formula is C30H43N3O5. The first-order valence-corrected chi connectivity index (χ1v) is 14.6. The van der Waals surface area contributed by atoms with Crippen LogP contribution in [0.25, 0.3) is 0 Å². The number of carbonyl (C=O) groups excluding carboxylic acids is 3. The van der Waals surface area contributed by atoms with Gasteiger partial charge in [-0.2, -0.15) is 0 Å². The second kappa shape index (κ2) is 11.8. The van der Waals surface area contributed by atoms with Gasteiger partial charge in [-0.05, 0) is 75.2 Å². The Morgan fingerprint density at radius 1 is 1.11 bits per heavy atom. The summed E-state index contributed by atoms with van der Waals surface area (Å²) in [4.78, 5) is 43.9. The van der Waals surface area contributed by atoms with Gasteiger partial charge in [-0.25, -0.2) is 0 Å². The van der Waals surface area contributed by atoms with Crippen molar-refractivity contribution >= 4 is 17.6 Å². The van der Waals surface area contributed by atoms with Crippen LogP contribution in [0.3, 0.4) is 0 Å². The largest absolute Gasteiger partial charge is 0.374 e. The zero-order chi connectivity index (χ0) is 26.8. The van der Waals surface area contributed by atoms with Crippen LogP contribution in [0.1, 0.15) is 81.1 Å². The first kappa shape index (κ1) is 27.3. The van der Waals surface area contributed by atoms with E-state index < -0.39 is 18.2 Å². The molecule has 3 saturated heterocycles. The van der Waals surface area contributed by atoms with Crippen molar-refractivity contribution in [2.45, 2.75) is 95.5 Å². The van der Waals surface area contributed by atoms with Gasteiger partial charge >= 0.3 is 0 Å². The lowest BCUT2D eigenvalue weighted by Crippen LogP contribution is -2.54. The maximum absolute atomic E-state index is 13.8. The Bertz CT molecular complexity index is 1000. The summed E-state index contributed by atoms with van der Waals surface area (Å²) >= 11 is 0. The van der Waals surface area contributed by atoms with Gasteiger partial charge in [0.1, 0.15) is 30.9 Å². The highest BCUT2D eigenvalue weighted by molar-refractivity contribution is 5.99. The first-order valence-electron chi connectivity index (χ1n) is 14.6. The van der Waals surface area contributed by atoms with Crippen LogP contribution in [0.5, 0.6) is 0 Å². The minimum Gasteiger partial charge on any atom is -0.374 e. The number of likely N-dealkylation sites (tertiary alicyclic amines) is 2. The predicted molar refractivity (Wildman–Crippen MR) is 144 cm³/mol. The summed E-state index contributed by atoms with van der Waals surface area (Å²) in [6.07, 6.45) is 6.35. The lowest BCUT2D eigenvalue weighted by atomic mass is 9.85.